The van der Waals surface area contributed by atoms with Crippen LogP contribution < -0.4 is 5.32 Å². The Balaban J connectivity index is 1.60. The van der Waals surface area contributed by atoms with Crippen molar-refractivity contribution >= 4 is 5.91 Å². The molecule has 1 amide bonds. The number of benzene rings is 1. The van der Waals surface area contributed by atoms with Crippen LogP contribution in [0.25, 0.3) is 5.69 Å². The molecule has 30 heavy (non-hydrogen) atoms. The minimum Gasteiger partial charge on any atom is -0.352 e. The lowest BCUT2D eigenvalue weighted by molar-refractivity contribution is -0.143. The van der Waals surface area contributed by atoms with Crippen molar-refractivity contribution in [2.45, 2.75) is 38.8 Å². The smallest absolute Gasteiger partial charge is 0.352 e. The molecule has 9 heteroatoms. The molecule has 1 aliphatic heterocycles. The number of para-hydroxylation sites is 1. The van der Waals surface area contributed by atoms with Crippen LogP contribution in [0.2, 0.25) is 0 Å². The zero-order valence-electron chi connectivity index (χ0n) is 16.9. The number of amides is 1. The maximum absolute atomic E-state index is 14.0. The van der Waals surface area contributed by atoms with Crippen LogP contribution in [0.4, 0.5) is 17.6 Å². The molecule has 164 valence electrons. The molecule has 1 N–H and O–H groups in total. The molecule has 1 aliphatic rings. The van der Waals surface area contributed by atoms with Gasteiger partial charge in [-0.05, 0) is 63.4 Å². The topological polar surface area (TPSA) is 50.2 Å². The number of likely N-dealkylation sites (tertiary alicyclic amines) is 1. The highest BCUT2D eigenvalue weighted by molar-refractivity contribution is 5.95. The number of nitrogens with one attached hydrogen (secondary N) is 1. The molecule has 0 bridgehead atoms. The molecule has 1 aromatic heterocycles. The highest BCUT2D eigenvalue weighted by Crippen LogP contribution is 2.34. The number of carbonyl (C=O) groups is 1. The van der Waals surface area contributed by atoms with E-state index in [4.69, 9.17) is 0 Å². The second-order valence-electron chi connectivity index (χ2n) is 7.75. The second kappa shape index (κ2) is 9.59. The molecule has 1 aromatic carbocycles. The molecule has 3 rings (SSSR count). The van der Waals surface area contributed by atoms with E-state index in [0.29, 0.717) is 11.1 Å². The lowest BCUT2D eigenvalue weighted by Crippen LogP contribution is -2.34. The summed E-state index contributed by atoms with van der Waals surface area (Å²) in [5.41, 5.74) is -2.26. The van der Waals surface area contributed by atoms with Crippen LogP contribution in [0.5, 0.6) is 0 Å². The van der Waals surface area contributed by atoms with Gasteiger partial charge in [-0.15, -0.1) is 0 Å². The second-order valence-corrected chi connectivity index (χ2v) is 7.75. The Morgan fingerprint density at radius 2 is 1.90 bits per heavy atom. The Hall–Kier alpha value is -2.42. The van der Waals surface area contributed by atoms with Gasteiger partial charge in [0, 0.05) is 6.54 Å². The summed E-state index contributed by atoms with van der Waals surface area (Å²) in [6.07, 6.45) is -0.141. The zero-order valence-corrected chi connectivity index (χ0v) is 16.9. The Morgan fingerprint density at radius 3 is 2.57 bits per heavy atom. The third kappa shape index (κ3) is 5.38. The van der Waals surface area contributed by atoms with E-state index in [1.165, 1.54) is 31.0 Å². The molecule has 0 atom stereocenters. The van der Waals surface area contributed by atoms with Gasteiger partial charge in [-0.1, -0.05) is 19.1 Å². The van der Waals surface area contributed by atoms with E-state index in [9.17, 15) is 22.4 Å². The number of hydrogen-bond donors (Lipinski definition) is 1. The minimum absolute atomic E-state index is 0.269. The third-order valence-corrected chi connectivity index (χ3v) is 5.43. The van der Waals surface area contributed by atoms with Crippen molar-refractivity contribution in [2.75, 3.05) is 26.2 Å². The fraction of sp³-hybridized carbons (Fsp3) is 0.524. The molecule has 5 nitrogen and oxygen atoms in total. The number of unbranched alkanes of at least 4 members (excludes halogenated alkanes) is 1. The molecule has 1 fully saturated rings. The average Bonchev–Trinajstić information content (AvgIpc) is 3.15. The lowest BCUT2D eigenvalue weighted by atomic mass is 9.99. The molecular formula is C21H26F4N4O. The lowest BCUT2D eigenvalue weighted by Gasteiger charge is -2.30. The van der Waals surface area contributed by atoms with Gasteiger partial charge in [0.05, 0.1) is 11.8 Å². The van der Waals surface area contributed by atoms with Crippen LogP contribution in [0.1, 0.15) is 48.7 Å². The van der Waals surface area contributed by atoms with E-state index in [1.54, 1.807) is 0 Å². The number of nitrogens with zero attached hydrogens (tertiary/aromatic N) is 3. The van der Waals surface area contributed by atoms with E-state index in [2.05, 4.69) is 22.2 Å². The van der Waals surface area contributed by atoms with Gasteiger partial charge in [0.25, 0.3) is 5.91 Å². The zero-order chi connectivity index (χ0) is 21.7. The maximum atomic E-state index is 14.0. The molecule has 0 spiro atoms. The Labute approximate surface area is 173 Å². The van der Waals surface area contributed by atoms with Gasteiger partial charge in [0.15, 0.2) is 5.69 Å². The summed E-state index contributed by atoms with van der Waals surface area (Å²) in [6, 6.07) is 5.00. The van der Waals surface area contributed by atoms with Crippen molar-refractivity contribution < 1.29 is 22.4 Å². The molecule has 0 saturated carbocycles. The predicted molar refractivity (Wildman–Crippen MR) is 105 cm³/mol. The summed E-state index contributed by atoms with van der Waals surface area (Å²) < 4.78 is 55.3. The van der Waals surface area contributed by atoms with Gasteiger partial charge < -0.3 is 10.2 Å². The quantitative estimate of drug-likeness (QED) is 0.531. The Morgan fingerprint density at radius 1 is 1.20 bits per heavy atom. The van der Waals surface area contributed by atoms with Crippen LogP contribution in [0, 0.1) is 11.7 Å². The fourth-order valence-electron chi connectivity index (χ4n) is 3.64. The van der Waals surface area contributed by atoms with Crippen LogP contribution in [0.15, 0.2) is 30.5 Å². The van der Waals surface area contributed by atoms with E-state index in [0.717, 1.165) is 44.2 Å². The minimum atomic E-state index is -4.86. The molecule has 0 aliphatic carbocycles. The first kappa shape index (κ1) is 22.3. The summed E-state index contributed by atoms with van der Waals surface area (Å²) in [5.74, 6) is -0.962. The van der Waals surface area contributed by atoms with Crippen molar-refractivity contribution in [1.82, 2.24) is 20.0 Å². The molecular weight excluding hydrogens is 400 g/mol. The van der Waals surface area contributed by atoms with Crippen molar-refractivity contribution in [1.29, 1.82) is 0 Å². The predicted octanol–water partition coefficient (Wildman–Crippen LogP) is 4.27. The van der Waals surface area contributed by atoms with Gasteiger partial charge in [0.1, 0.15) is 11.5 Å². The summed E-state index contributed by atoms with van der Waals surface area (Å²) in [5, 5.41) is 6.17. The number of rotatable bonds is 7. The van der Waals surface area contributed by atoms with Crippen molar-refractivity contribution in [3.05, 3.63) is 47.5 Å². The first-order chi connectivity index (χ1) is 14.3. The summed E-state index contributed by atoms with van der Waals surface area (Å²) >= 11 is 0. The molecule has 2 aromatic rings. The highest BCUT2D eigenvalue weighted by Gasteiger charge is 2.40. The maximum Gasteiger partial charge on any atom is 0.434 e. The number of piperidine rings is 1. The van der Waals surface area contributed by atoms with Crippen molar-refractivity contribution in [2.24, 2.45) is 5.92 Å². The Kier molecular flexibility index (Phi) is 7.12. The van der Waals surface area contributed by atoms with Gasteiger partial charge in [0.2, 0.25) is 0 Å². The fourth-order valence-corrected chi connectivity index (χ4v) is 3.64. The largest absolute Gasteiger partial charge is 0.434 e. The number of alkyl halides is 3. The number of aromatic nitrogens is 2. The van der Waals surface area contributed by atoms with Crippen molar-refractivity contribution in [3.8, 4) is 5.69 Å². The standard InChI is InChI=1S/C21H26F4N4O/c1-15-8-12-28(13-9-15)11-5-4-10-26-20(30)16-14-27-29(19(16)21(23,24)25)18-7-3-2-6-17(18)22/h2-3,6-7,14-15H,4-5,8-13H2,1H3,(H,26,30). The van der Waals surface area contributed by atoms with Gasteiger partial charge in [-0.3, -0.25) is 4.79 Å². The third-order valence-electron chi connectivity index (χ3n) is 5.43. The average molecular weight is 426 g/mol. The number of hydrogen-bond acceptors (Lipinski definition) is 3. The molecule has 2 heterocycles. The molecule has 0 unspecified atom stereocenters. The van der Waals surface area contributed by atoms with Crippen molar-refractivity contribution in [3.63, 3.8) is 0 Å². The highest BCUT2D eigenvalue weighted by atomic mass is 19.4. The van der Waals surface area contributed by atoms with E-state index < -0.39 is 29.2 Å². The molecule has 0 radical (unpaired) electrons. The summed E-state index contributed by atoms with van der Waals surface area (Å²) in [4.78, 5) is 14.8. The number of carbonyl (C=O) groups excluding carboxylic acids is 1. The van der Waals surface area contributed by atoms with E-state index in [-0.39, 0.29) is 12.2 Å². The first-order valence-corrected chi connectivity index (χ1v) is 10.2. The summed E-state index contributed by atoms with van der Waals surface area (Å²) in [7, 11) is 0. The van der Waals surface area contributed by atoms with Crippen LogP contribution in [-0.2, 0) is 6.18 Å². The first-order valence-electron chi connectivity index (χ1n) is 10.2. The number of halogens is 4. The monoisotopic (exact) mass is 426 g/mol. The van der Waals surface area contributed by atoms with Gasteiger partial charge in [-0.2, -0.15) is 18.3 Å². The Bertz CT molecular complexity index is 857. The van der Waals surface area contributed by atoms with Crippen LogP contribution in [0.3, 0.4) is 0 Å². The van der Waals surface area contributed by atoms with E-state index in [1.807, 2.05) is 0 Å². The van der Waals surface area contributed by atoms with Crippen LogP contribution in [-0.4, -0.2) is 46.8 Å². The van der Waals surface area contributed by atoms with Gasteiger partial charge >= 0.3 is 6.18 Å². The summed E-state index contributed by atoms with van der Waals surface area (Å²) in [6.45, 7) is 5.57. The molecule has 1 saturated heterocycles. The van der Waals surface area contributed by atoms with Gasteiger partial charge in [-0.25, -0.2) is 9.07 Å². The van der Waals surface area contributed by atoms with Crippen LogP contribution >= 0.6 is 0 Å². The SMILES string of the molecule is CC1CCN(CCCCNC(=O)c2cnn(-c3ccccc3F)c2C(F)(F)F)CC1. The van der Waals surface area contributed by atoms with E-state index >= 15 is 0 Å². The normalized spacial score (nSPS) is 16.0.